The molecular formula is C10H14BrN3O. The number of rotatable bonds is 2. The van der Waals surface area contributed by atoms with Crippen molar-refractivity contribution >= 4 is 21.9 Å². The molecular weight excluding hydrogens is 258 g/mol. The van der Waals surface area contributed by atoms with Crippen LogP contribution in [0.4, 0.5) is 5.95 Å². The van der Waals surface area contributed by atoms with E-state index in [0.29, 0.717) is 5.95 Å². The highest BCUT2D eigenvalue weighted by Crippen LogP contribution is 2.28. The normalized spacial score (nSPS) is 30.5. The van der Waals surface area contributed by atoms with E-state index in [4.69, 9.17) is 4.74 Å². The van der Waals surface area contributed by atoms with Crippen LogP contribution in [0.15, 0.2) is 16.9 Å². The largest absolute Gasteiger partial charge is 0.376 e. The Labute approximate surface area is 97.6 Å². The van der Waals surface area contributed by atoms with Crippen molar-refractivity contribution in [2.45, 2.75) is 31.9 Å². The molecule has 1 saturated heterocycles. The van der Waals surface area contributed by atoms with Crippen LogP contribution in [0.5, 0.6) is 0 Å². The van der Waals surface area contributed by atoms with E-state index in [0.717, 1.165) is 17.5 Å². The summed E-state index contributed by atoms with van der Waals surface area (Å²) in [7, 11) is 0. The molecule has 1 aliphatic rings. The second-order valence-corrected chi connectivity index (χ2v) is 4.95. The van der Waals surface area contributed by atoms with Crippen molar-refractivity contribution in [3.05, 3.63) is 16.9 Å². The van der Waals surface area contributed by atoms with Crippen LogP contribution >= 0.6 is 15.9 Å². The number of nitrogens with one attached hydrogen (secondary N) is 1. The minimum Gasteiger partial charge on any atom is -0.376 e. The van der Waals surface area contributed by atoms with Gasteiger partial charge in [0.15, 0.2) is 0 Å². The van der Waals surface area contributed by atoms with Gasteiger partial charge in [-0.3, -0.25) is 0 Å². The van der Waals surface area contributed by atoms with Crippen molar-refractivity contribution in [1.29, 1.82) is 0 Å². The Hall–Kier alpha value is -0.680. The smallest absolute Gasteiger partial charge is 0.223 e. The Morgan fingerprint density at radius 3 is 2.73 bits per heavy atom. The summed E-state index contributed by atoms with van der Waals surface area (Å²) in [4.78, 5) is 8.39. The molecule has 82 valence electrons. The molecule has 4 nitrogen and oxygen atoms in total. The summed E-state index contributed by atoms with van der Waals surface area (Å²) in [6.45, 7) is 5.00. The topological polar surface area (TPSA) is 47.0 Å². The molecule has 0 radical (unpaired) electrons. The monoisotopic (exact) mass is 271 g/mol. The van der Waals surface area contributed by atoms with Crippen LogP contribution in [0.3, 0.4) is 0 Å². The zero-order chi connectivity index (χ0) is 10.9. The van der Waals surface area contributed by atoms with E-state index < -0.39 is 0 Å². The average molecular weight is 272 g/mol. The Morgan fingerprint density at radius 2 is 2.20 bits per heavy atom. The number of hydrogen-bond donors (Lipinski definition) is 1. The third-order valence-electron chi connectivity index (χ3n) is 2.90. The van der Waals surface area contributed by atoms with E-state index in [1.807, 2.05) is 0 Å². The van der Waals surface area contributed by atoms with Crippen LogP contribution in [0.25, 0.3) is 0 Å². The van der Waals surface area contributed by atoms with Gasteiger partial charge in [0.2, 0.25) is 5.95 Å². The first-order valence-electron chi connectivity index (χ1n) is 4.97. The van der Waals surface area contributed by atoms with Gasteiger partial charge < -0.3 is 10.1 Å². The molecule has 1 aromatic heterocycles. The molecule has 2 rings (SSSR count). The minimum atomic E-state index is -0.0617. The molecule has 2 atom stereocenters. The highest BCUT2D eigenvalue weighted by atomic mass is 79.9. The molecule has 0 aromatic carbocycles. The van der Waals surface area contributed by atoms with E-state index in [1.54, 1.807) is 12.4 Å². The number of halogens is 1. The van der Waals surface area contributed by atoms with Gasteiger partial charge >= 0.3 is 0 Å². The molecule has 0 amide bonds. The van der Waals surface area contributed by atoms with Gasteiger partial charge in [-0.25, -0.2) is 9.97 Å². The van der Waals surface area contributed by atoms with Crippen LogP contribution in [0.1, 0.15) is 20.3 Å². The molecule has 15 heavy (non-hydrogen) atoms. The van der Waals surface area contributed by atoms with Crippen LogP contribution in [-0.4, -0.2) is 28.2 Å². The Bertz CT molecular complexity index is 343. The van der Waals surface area contributed by atoms with Crippen molar-refractivity contribution in [2.75, 3.05) is 11.9 Å². The number of ether oxygens (including phenoxy) is 1. The van der Waals surface area contributed by atoms with Gasteiger partial charge in [0.05, 0.1) is 16.1 Å². The maximum atomic E-state index is 5.54. The SMILES string of the molecule is C[C@H]1OCC[C@]1(C)Nc1ncc(Br)cn1. The fourth-order valence-corrected chi connectivity index (χ4v) is 1.84. The van der Waals surface area contributed by atoms with Gasteiger partial charge in [-0.05, 0) is 36.2 Å². The summed E-state index contributed by atoms with van der Waals surface area (Å²) in [6.07, 6.45) is 4.64. The van der Waals surface area contributed by atoms with Crippen LogP contribution < -0.4 is 5.32 Å². The molecule has 1 fully saturated rings. The minimum absolute atomic E-state index is 0.0617. The molecule has 1 N–H and O–H groups in total. The summed E-state index contributed by atoms with van der Waals surface area (Å²) in [5.41, 5.74) is -0.0617. The highest BCUT2D eigenvalue weighted by molar-refractivity contribution is 9.10. The van der Waals surface area contributed by atoms with Gasteiger partial charge in [-0.15, -0.1) is 0 Å². The lowest BCUT2D eigenvalue weighted by atomic mass is 9.95. The lowest BCUT2D eigenvalue weighted by Gasteiger charge is -2.28. The van der Waals surface area contributed by atoms with Gasteiger partial charge in [-0.1, -0.05) is 0 Å². The van der Waals surface area contributed by atoms with Crippen molar-refractivity contribution in [3.63, 3.8) is 0 Å². The fourth-order valence-electron chi connectivity index (χ4n) is 1.63. The molecule has 1 aromatic rings. The lowest BCUT2D eigenvalue weighted by molar-refractivity contribution is 0.105. The van der Waals surface area contributed by atoms with Crippen LogP contribution in [-0.2, 0) is 4.74 Å². The van der Waals surface area contributed by atoms with Crippen molar-refractivity contribution in [1.82, 2.24) is 9.97 Å². The third kappa shape index (κ3) is 2.29. The maximum absolute atomic E-state index is 5.54. The zero-order valence-electron chi connectivity index (χ0n) is 8.83. The number of anilines is 1. The standard InChI is InChI=1S/C10H14BrN3O/c1-7-10(2,3-4-15-7)14-9-12-5-8(11)6-13-9/h5-7H,3-4H2,1-2H3,(H,12,13,14)/t7-,10+/m1/s1. The number of aromatic nitrogens is 2. The first-order chi connectivity index (χ1) is 7.10. The van der Waals surface area contributed by atoms with Crippen molar-refractivity contribution in [2.24, 2.45) is 0 Å². The molecule has 5 heteroatoms. The van der Waals surface area contributed by atoms with Gasteiger partial charge in [0, 0.05) is 19.0 Å². The summed E-state index contributed by atoms with van der Waals surface area (Å²) in [5.74, 6) is 0.651. The van der Waals surface area contributed by atoms with Crippen LogP contribution in [0.2, 0.25) is 0 Å². The molecule has 0 unspecified atom stereocenters. The Morgan fingerprint density at radius 1 is 1.53 bits per heavy atom. The molecule has 0 spiro atoms. The van der Waals surface area contributed by atoms with Gasteiger partial charge in [-0.2, -0.15) is 0 Å². The predicted octanol–water partition coefficient (Wildman–Crippen LogP) is 2.22. The number of nitrogens with zero attached hydrogens (tertiary/aromatic N) is 2. The van der Waals surface area contributed by atoms with E-state index in [-0.39, 0.29) is 11.6 Å². The quantitative estimate of drug-likeness (QED) is 0.896. The van der Waals surface area contributed by atoms with E-state index in [2.05, 4.69) is 45.1 Å². The second-order valence-electron chi connectivity index (χ2n) is 4.03. The molecule has 1 aliphatic heterocycles. The van der Waals surface area contributed by atoms with Gasteiger partial charge in [0.25, 0.3) is 0 Å². The van der Waals surface area contributed by atoms with Crippen LogP contribution in [0, 0.1) is 0 Å². The van der Waals surface area contributed by atoms with E-state index >= 15 is 0 Å². The van der Waals surface area contributed by atoms with E-state index in [9.17, 15) is 0 Å². The molecule has 0 aliphatic carbocycles. The van der Waals surface area contributed by atoms with Crippen molar-refractivity contribution < 1.29 is 4.74 Å². The fraction of sp³-hybridized carbons (Fsp3) is 0.600. The summed E-state index contributed by atoms with van der Waals surface area (Å²) < 4.78 is 6.42. The molecule has 0 saturated carbocycles. The average Bonchev–Trinajstić information content (AvgIpc) is 2.51. The summed E-state index contributed by atoms with van der Waals surface area (Å²) in [6, 6.07) is 0. The van der Waals surface area contributed by atoms with Gasteiger partial charge in [0.1, 0.15) is 0 Å². The van der Waals surface area contributed by atoms with E-state index in [1.165, 1.54) is 0 Å². The van der Waals surface area contributed by atoms with Crippen molar-refractivity contribution in [3.8, 4) is 0 Å². The second kappa shape index (κ2) is 4.06. The first-order valence-corrected chi connectivity index (χ1v) is 5.77. The first kappa shape index (κ1) is 10.8. The molecule has 2 heterocycles. The third-order valence-corrected chi connectivity index (χ3v) is 3.31. The number of hydrogen-bond acceptors (Lipinski definition) is 4. The Kier molecular flexibility index (Phi) is 2.93. The summed E-state index contributed by atoms with van der Waals surface area (Å²) >= 11 is 3.31. The molecule has 0 bridgehead atoms. The predicted molar refractivity (Wildman–Crippen MR) is 61.8 cm³/mol. The summed E-state index contributed by atoms with van der Waals surface area (Å²) in [5, 5.41) is 3.33. The zero-order valence-corrected chi connectivity index (χ0v) is 10.4. The Balaban J connectivity index is 2.11. The maximum Gasteiger partial charge on any atom is 0.223 e. The lowest BCUT2D eigenvalue weighted by Crippen LogP contribution is -2.41. The highest BCUT2D eigenvalue weighted by Gasteiger charge is 2.37.